The van der Waals surface area contributed by atoms with Gasteiger partial charge in [-0.1, -0.05) is 53.5 Å². The molecule has 1 aromatic heterocycles. The van der Waals surface area contributed by atoms with E-state index in [0.29, 0.717) is 12.0 Å². The molecule has 0 bridgehead atoms. The van der Waals surface area contributed by atoms with Gasteiger partial charge in [0.15, 0.2) is 0 Å². The number of hydrogen-bond acceptors (Lipinski definition) is 4. The van der Waals surface area contributed by atoms with Gasteiger partial charge >= 0.3 is 12.3 Å². The van der Waals surface area contributed by atoms with Crippen molar-refractivity contribution < 1.29 is 27.4 Å². The van der Waals surface area contributed by atoms with Crippen LogP contribution in [0.4, 0.5) is 13.2 Å². The molecule has 0 radical (unpaired) electrons. The number of aromatic nitrogens is 1. The minimum atomic E-state index is -4.85. The van der Waals surface area contributed by atoms with Gasteiger partial charge in [0.1, 0.15) is 10.8 Å². The van der Waals surface area contributed by atoms with Gasteiger partial charge in [-0.3, -0.25) is 4.79 Å². The summed E-state index contributed by atoms with van der Waals surface area (Å²) in [4.78, 5) is 24.3. The standard InChI is InChI=1S/C24H18Cl2F3NO4/c1-33-23(32)17-8-6-15(7-9-17)12-13-30-20(18(25)14-19(26)22(30)31)11-10-16-4-2-3-5-21(16)34-24(27,28)29/h2-11,14H,12-13H2,1H3. The quantitative estimate of drug-likeness (QED) is 0.351. The molecule has 0 aliphatic heterocycles. The number of carbonyl (C=O) groups excluding carboxylic acids is 1. The fourth-order valence-corrected chi connectivity index (χ4v) is 3.72. The highest BCUT2D eigenvalue weighted by Gasteiger charge is 2.31. The summed E-state index contributed by atoms with van der Waals surface area (Å²) in [7, 11) is 1.29. The second kappa shape index (κ2) is 10.8. The Bertz CT molecular complexity index is 1270. The average Bonchev–Trinajstić information content (AvgIpc) is 2.79. The van der Waals surface area contributed by atoms with Crippen LogP contribution in [0.25, 0.3) is 12.2 Å². The smallest absolute Gasteiger partial charge is 0.465 e. The van der Waals surface area contributed by atoms with E-state index in [1.165, 1.54) is 48.1 Å². The van der Waals surface area contributed by atoms with Crippen LogP contribution in [0, 0.1) is 0 Å². The molecule has 3 rings (SSSR count). The minimum Gasteiger partial charge on any atom is -0.465 e. The topological polar surface area (TPSA) is 57.5 Å². The number of halogens is 5. The van der Waals surface area contributed by atoms with Crippen molar-refractivity contribution in [1.82, 2.24) is 4.57 Å². The number of hydrogen-bond donors (Lipinski definition) is 0. The number of para-hydroxylation sites is 1. The van der Waals surface area contributed by atoms with Crippen LogP contribution in [0.3, 0.4) is 0 Å². The van der Waals surface area contributed by atoms with Gasteiger partial charge in [0, 0.05) is 12.1 Å². The summed E-state index contributed by atoms with van der Waals surface area (Å²) in [5.74, 6) is -0.859. The van der Waals surface area contributed by atoms with Gasteiger partial charge in [0.25, 0.3) is 5.56 Å². The maximum absolute atomic E-state index is 12.7. The van der Waals surface area contributed by atoms with Gasteiger partial charge in [0.05, 0.1) is 23.4 Å². The number of esters is 1. The third kappa shape index (κ3) is 6.42. The Morgan fingerprint density at radius 1 is 1.03 bits per heavy atom. The molecule has 0 fully saturated rings. The average molecular weight is 512 g/mol. The maximum atomic E-state index is 12.7. The number of ether oxygens (including phenoxy) is 2. The van der Waals surface area contributed by atoms with E-state index in [1.807, 2.05) is 0 Å². The van der Waals surface area contributed by atoms with Crippen LogP contribution >= 0.6 is 23.2 Å². The van der Waals surface area contributed by atoms with Crippen LogP contribution in [0.15, 0.2) is 59.4 Å². The molecule has 0 spiro atoms. The molecule has 2 aromatic carbocycles. The van der Waals surface area contributed by atoms with Crippen LogP contribution in [-0.2, 0) is 17.7 Å². The highest BCUT2D eigenvalue weighted by Crippen LogP contribution is 2.28. The number of alkyl halides is 3. The van der Waals surface area contributed by atoms with Crippen LogP contribution in [-0.4, -0.2) is 24.0 Å². The molecule has 0 aliphatic carbocycles. The first-order chi connectivity index (χ1) is 16.1. The van der Waals surface area contributed by atoms with E-state index in [4.69, 9.17) is 23.2 Å². The maximum Gasteiger partial charge on any atom is 0.573 e. The molecular formula is C24H18Cl2F3NO4. The molecule has 10 heteroatoms. The van der Waals surface area contributed by atoms with Crippen LogP contribution in [0.2, 0.25) is 10.0 Å². The summed E-state index contributed by atoms with van der Waals surface area (Å²) >= 11 is 12.3. The summed E-state index contributed by atoms with van der Waals surface area (Å²) in [5, 5.41) is 0.0557. The van der Waals surface area contributed by atoms with Gasteiger partial charge in [-0.15, -0.1) is 13.2 Å². The predicted molar refractivity (Wildman–Crippen MR) is 124 cm³/mol. The zero-order chi connectivity index (χ0) is 24.9. The van der Waals surface area contributed by atoms with Crippen molar-refractivity contribution in [2.45, 2.75) is 19.3 Å². The van der Waals surface area contributed by atoms with Gasteiger partial charge in [0.2, 0.25) is 0 Å². The van der Waals surface area contributed by atoms with E-state index in [9.17, 15) is 22.8 Å². The Morgan fingerprint density at radius 3 is 2.35 bits per heavy atom. The molecule has 5 nitrogen and oxygen atoms in total. The van der Waals surface area contributed by atoms with Crippen molar-refractivity contribution in [3.8, 4) is 5.75 Å². The number of methoxy groups -OCH3 is 1. The van der Waals surface area contributed by atoms with Crippen molar-refractivity contribution in [3.63, 3.8) is 0 Å². The van der Waals surface area contributed by atoms with E-state index in [0.717, 1.165) is 5.56 Å². The van der Waals surface area contributed by atoms with E-state index in [2.05, 4.69) is 9.47 Å². The van der Waals surface area contributed by atoms with Crippen molar-refractivity contribution in [1.29, 1.82) is 0 Å². The Kier molecular flexibility index (Phi) is 8.06. The first-order valence-corrected chi connectivity index (χ1v) is 10.6. The summed E-state index contributed by atoms with van der Waals surface area (Å²) in [6, 6.07) is 13.5. The molecule has 0 N–H and O–H groups in total. The molecule has 0 amide bonds. The number of aryl methyl sites for hydroxylation is 1. The number of carbonyl (C=O) groups is 1. The predicted octanol–water partition coefficient (Wildman–Crippen LogP) is 6.25. The van der Waals surface area contributed by atoms with Crippen molar-refractivity contribution in [3.05, 3.63) is 97.4 Å². The molecule has 0 saturated carbocycles. The summed E-state index contributed by atoms with van der Waals surface area (Å²) < 4.78 is 48.2. The minimum absolute atomic E-state index is 0.0935. The third-order valence-corrected chi connectivity index (χ3v) is 5.38. The summed E-state index contributed by atoms with van der Waals surface area (Å²) in [6.07, 6.45) is -1.66. The van der Waals surface area contributed by atoms with Crippen LogP contribution in [0.5, 0.6) is 5.75 Å². The SMILES string of the molecule is COC(=O)c1ccc(CCn2c(C=Cc3ccccc3OC(F)(F)F)c(Cl)cc(Cl)c2=O)cc1. The first kappa shape index (κ1) is 25.4. The zero-order valence-electron chi connectivity index (χ0n) is 17.7. The van der Waals surface area contributed by atoms with Crippen molar-refractivity contribution in [2.24, 2.45) is 0 Å². The van der Waals surface area contributed by atoms with Crippen molar-refractivity contribution in [2.75, 3.05) is 7.11 Å². The van der Waals surface area contributed by atoms with Crippen molar-refractivity contribution >= 4 is 41.3 Å². The van der Waals surface area contributed by atoms with E-state index >= 15 is 0 Å². The molecular weight excluding hydrogens is 494 g/mol. The number of benzene rings is 2. The highest BCUT2D eigenvalue weighted by atomic mass is 35.5. The zero-order valence-corrected chi connectivity index (χ0v) is 19.2. The van der Waals surface area contributed by atoms with Crippen LogP contribution < -0.4 is 10.3 Å². The highest BCUT2D eigenvalue weighted by molar-refractivity contribution is 6.35. The van der Waals surface area contributed by atoms with Gasteiger partial charge in [-0.2, -0.15) is 0 Å². The number of nitrogens with zero attached hydrogens (tertiary/aromatic N) is 1. The summed E-state index contributed by atoms with van der Waals surface area (Å²) in [5.41, 5.74) is 1.12. The molecule has 0 saturated heterocycles. The van der Waals surface area contributed by atoms with Crippen LogP contribution in [0.1, 0.15) is 27.2 Å². The Morgan fingerprint density at radius 2 is 1.71 bits per heavy atom. The number of rotatable bonds is 7. The lowest BCUT2D eigenvalue weighted by Crippen LogP contribution is -2.24. The van der Waals surface area contributed by atoms with Gasteiger partial charge < -0.3 is 14.0 Å². The van der Waals surface area contributed by atoms with Gasteiger partial charge in [-0.05, 0) is 48.4 Å². The third-order valence-electron chi connectivity index (χ3n) is 4.80. The monoisotopic (exact) mass is 511 g/mol. The summed E-state index contributed by atoms with van der Waals surface area (Å²) in [6.45, 7) is 0.178. The second-order valence-electron chi connectivity index (χ2n) is 7.04. The fourth-order valence-electron chi connectivity index (χ4n) is 3.18. The lowest BCUT2D eigenvalue weighted by molar-refractivity contribution is -0.274. The molecule has 178 valence electrons. The molecule has 3 aromatic rings. The second-order valence-corrected chi connectivity index (χ2v) is 7.85. The first-order valence-electron chi connectivity index (χ1n) is 9.88. The number of pyridine rings is 1. The van der Waals surface area contributed by atoms with E-state index in [1.54, 1.807) is 30.3 Å². The normalized spacial score (nSPS) is 11.6. The van der Waals surface area contributed by atoms with E-state index < -0.39 is 23.6 Å². The lowest BCUT2D eigenvalue weighted by Gasteiger charge is -2.14. The molecule has 0 atom stereocenters. The molecule has 0 unspecified atom stereocenters. The fraction of sp³-hybridized carbons (Fsp3) is 0.167. The van der Waals surface area contributed by atoms with E-state index in [-0.39, 0.29) is 27.8 Å². The Hall–Kier alpha value is -3.23. The molecule has 0 aliphatic rings. The Labute approximate surface area is 202 Å². The lowest BCUT2D eigenvalue weighted by atomic mass is 10.1. The molecule has 1 heterocycles. The largest absolute Gasteiger partial charge is 0.573 e. The molecule has 34 heavy (non-hydrogen) atoms. The van der Waals surface area contributed by atoms with Gasteiger partial charge in [-0.25, -0.2) is 4.79 Å². The Balaban J connectivity index is 1.91.